The molecule has 1 aromatic rings. The Morgan fingerprint density at radius 3 is 2.21 bits per heavy atom. The summed E-state index contributed by atoms with van der Waals surface area (Å²) in [6.45, 7) is 5.62. The summed E-state index contributed by atoms with van der Waals surface area (Å²) in [5.74, 6) is -2.40. The Kier molecular flexibility index (Phi) is 7.65. The number of aryl methyl sites for hydroxylation is 1. The highest BCUT2D eigenvalue weighted by Crippen LogP contribution is 2.39. The van der Waals surface area contributed by atoms with E-state index in [2.05, 4.69) is 14.9 Å². The molecule has 0 aliphatic carbocycles. The molecule has 3 fully saturated rings. The number of piperidine rings is 1. The Morgan fingerprint density at radius 2 is 1.70 bits per heavy atom. The van der Waals surface area contributed by atoms with Crippen LogP contribution in [0.1, 0.15) is 48.9 Å². The maximum atomic E-state index is 12.6. The van der Waals surface area contributed by atoms with E-state index in [0.29, 0.717) is 17.9 Å². The van der Waals surface area contributed by atoms with Crippen molar-refractivity contribution in [3.63, 3.8) is 0 Å². The van der Waals surface area contributed by atoms with E-state index in [-0.39, 0.29) is 11.4 Å². The molecule has 2 amide bonds. The summed E-state index contributed by atoms with van der Waals surface area (Å²) in [6, 6.07) is 0. The van der Waals surface area contributed by atoms with Crippen molar-refractivity contribution in [1.29, 1.82) is 0 Å². The number of nitrogens with zero attached hydrogens (tertiary/aromatic N) is 5. The first-order valence-electron chi connectivity index (χ1n) is 11.1. The number of likely N-dealkylation sites (tertiary alicyclic amines) is 3. The summed E-state index contributed by atoms with van der Waals surface area (Å²) in [6.07, 6.45) is 4.28. The van der Waals surface area contributed by atoms with E-state index in [1.165, 1.54) is 25.9 Å². The van der Waals surface area contributed by atoms with Crippen molar-refractivity contribution in [2.75, 3.05) is 39.3 Å². The van der Waals surface area contributed by atoms with Crippen molar-refractivity contribution >= 4 is 17.8 Å². The van der Waals surface area contributed by atoms with E-state index >= 15 is 0 Å². The normalized spacial score (nSPS) is 20.8. The predicted octanol–water partition coefficient (Wildman–Crippen LogP) is 1.75. The van der Waals surface area contributed by atoms with Crippen LogP contribution in [0.4, 0.5) is 13.2 Å². The van der Waals surface area contributed by atoms with Crippen LogP contribution in [0, 0.1) is 0 Å². The summed E-state index contributed by atoms with van der Waals surface area (Å²) in [7, 11) is 1.82. The number of rotatable bonds is 4. The van der Waals surface area contributed by atoms with Crippen molar-refractivity contribution in [1.82, 2.24) is 24.5 Å². The van der Waals surface area contributed by atoms with Crippen LogP contribution in [-0.2, 0) is 16.6 Å². The van der Waals surface area contributed by atoms with Gasteiger partial charge in [-0.3, -0.25) is 14.3 Å². The number of halogens is 3. The summed E-state index contributed by atoms with van der Waals surface area (Å²) >= 11 is 0. The van der Waals surface area contributed by atoms with Crippen LogP contribution < -0.4 is 0 Å². The molecule has 3 aliphatic heterocycles. The molecular weight excluding hydrogens is 443 g/mol. The molecule has 184 valence electrons. The third-order valence-electron chi connectivity index (χ3n) is 6.69. The molecule has 12 heteroatoms. The average molecular weight is 473 g/mol. The number of hydrogen-bond acceptors (Lipinski definition) is 5. The molecule has 0 unspecified atom stereocenters. The van der Waals surface area contributed by atoms with Gasteiger partial charge in [-0.25, -0.2) is 4.79 Å². The first kappa shape index (κ1) is 25.0. The average Bonchev–Trinajstić information content (AvgIpc) is 3.49. The standard InChI is InChI=1S/C19H29N5O2.C2HF3O2/c1-21-15-16(14-20-21)18(26)23-10-6-19(7-11-23)5-4-17(25)24(19)13-12-22-8-2-3-9-22;3-2(4,5)1(6)7/h14-15H,2-13H2,1H3;(H,6,7). The second-order valence-electron chi connectivity index (χ2n) is 8.82. The molecule has 0 aromatic carbocycles. The van der Waals surface area contributed by atoms with E-state index in [0.717, 1.165) is 45.4 Å². The molecule has 0 radical (unpaired) electrons. The maximum absolute atomic E-state index is 12.6. The predicted molar refractivity (Wildman–Crippen MR) is 111 cm³/mol. The molecule has 4 rings (SSSR count). The topological polar surface area (TPSA) is 99.0 Å². The van der Waals surface area contributed by atoms with E-state index < -0.39 is 12.1 Å². The van der Waals surface area contributed by atoms with Gasteiger partial charge in [-0.1, -0.05) is 0 Å². The van der Waals surface area contributed by atoms with Gasteiger partial charge in [-0.2, -0.15) is 18.3 Å². The Bertz CT molecular complexity index is 858. The number of hydrogen-bond donors (Lipinski definition) is 1. The number of aliphatic carboxylic acids is 1. The summed E-state index contributed by atoms with van der Waals surface area (Å²) in [5, 5.41) is 11.2. The second-order valence-corrected chi connectivity index (χ2v) is 8.82. The fraction of sp³-hybridized carbons (Fsp3) is 0.714. The van der Waals surface area contributed by atoms with Crippen molar-refractivity contribution in [3.05, 3.63) is 18.0 Å². The lowest BCUT2D eigenvalue weighted by atomic mass is 9.84. The summed E-state index contributed by atoms with van der Waals surface area (Å²) in [5.41, 5.74) is 0.625. The number of alkyl halides is 3. The molecule has 0 bridgehead atoms. The number of carbonyl (C=O) groups is 3. The molecular formula is C21H30F3N5O4. The van der Waals surface area contributed by atoms with Crippen molar-refractivity contribution < 1.29 is 32.7 Å². The first-order chi connectivity index (χ1) is 15.5. The number of carboxylic acids is 1. The van der Waals surface area contributed by atoms with E-state index in [1.807, 2.05) is 11.9 Å². The highest BCUT2D eigenvalue weighted by atomic mass is 19.4. The van der Waals surface area contributed by atoms with Crippen LogP contribution in [-0.4, -0.2) is 98.4 Å². The Balaban J connectivity index is 0.000000383. The molecule has 3 saturated heterocycles. The van der Waals surface area contributed by atoms with Crippen LogP contribution in [0.5, 0.6) is 0 Å². The molecule has 9 nitrogen and oxygen atoms in total. The number of aromatic nitrogens is 2. The van der Waals surface area contributed by atoms with Gasteiger partial charge >= 0.3 is 12.1 Å². The van der Waals surface area contributed by atoms with Gasteiger partial charge in [0, 0.05) is 51.4 Å². The highest BCUT2D eigenvalue weighted by molar-refractivity contribution is 5.93. The van der Waals surface area contributed by atoms with Gasteiger partial charge in [-0.15, -0.1) is 0 Å². The SMILES string of the molecule is Cn1cc(C(=O)N2CCC3(CCC(=O)N3CCN3CCCC3)CC2)cn1.O=C(O)C(F)(F)F. The fourth-order valence-corrected chi connectivity index (χ4v) is 4.84. The van der Waals surface area contributed by atoms with Gasteiger partial charge in [0.1, 0.15) is 0 Å². The van der Waals surface area contributed by atoms with E-state index in [1.54, 1.807) is 17.1 Å². The first-order valence-corrected chi connectivity index (χ1v) is 11.1. The van der Waals surface area contributed by atoms with Gasteiger partial charge < -0.3 is 19.8 Å². The molecule has 3 aliphatic rings. The molecule has 1 N–H and O–H groups in total. The Morgan fingerprint density at radius 1 is 1.09 bits per heavy atom. The van der Waals surface area contributed by atoms with Crippen LogP contribution in [0.15, 0.2) is 12.4 Å². The van der Waals surface area contributed by atoms with Crippen LogP contribution in [0.3, 0.4) is 0 Å². The monoisotopic (exact) mass is 473 g/mol. The smallest absolute Gasteiger partial charge is 0.475 e. The minimum Gasteiger partial charge on any atom is -0.475 e. The van der Waals surface area contributed by atoms with E-state index in [4.69, 9.17) is 9.90 Å². The van der Waals surface area contributed by atoms with Crippen molar-refractivity contribution in [3.8, 4) is 0 Å². The quantitative estimate of drug-likeness (QED) is 0.716. The summed E-state index contributed by atoms with van der Waals surface area (Å²) in [4.78, 5) is 40.6. The van der Waals surface area contributed by atoms with Gasteiger partial charge in [-0.05, 0) is 45.2 Å². The number of carboxylic acid groups (broad SMARTS) is 1. The molecule has 1 aromatic heterocycles. The molecule has 0 atom stereocenters. The van der Waals surface area contributed by atoms with Crippen LogP contribution in [0.2, 0.25) is 0 Å². The minimum absolute atomic E-state index is 0.0253. The summed E-state index contributed by atoms with van der Waals surface area (Å²) < 4.78 is 33.4. The lowest BCUT2D eigenvalue weighted by molar-refractivity contribution is -0.192. The molecule has 0 saturated carbocycles. The van der Waals surface area contributed by atoms with E-state index in [9.17, 15) is 22.8 Å². The third kappa shape index (κ3) is 6.04. The maximum Gasteiger partial charge on any atom is 0.490 e. The third-order valence-corrected chi connectivity index (χ3v) is 6.69. The highest BCUT2D eigenvalue weighted by Gasteiger charge is 2.47. The van der Waals surface area contributed by atoms with Gasteiger partial charge in [0.15, 0.2) is 0 Å². The zero-order valence-electron chi connectivity index (χ0n) is 18.7. The molecule has 33 heavy (non-hydrogen) atoms. The van der Waals surface area contributed by atoms with Gasteiger partial charge in [0.25, 0.3) is 5.91 Å². The van der Waals surface area contributed by atoms with Gasteiger partial charge in [0.2, 0.25) is 5.91 Å². The zero-order chi connectivity index (χ0) is 24.2. The molecule has 4 heterocycles. The molecule has 1 spiro atoms. The van der Waals surface area contributed by atoms with Crippen LogP contribution in [0.25, 0.3) is 0 Å². The second kappa shape index (κ2) is 10.1. The van der Waals surface area contributed by atoms with Crippen molar-refractivity contribution in [2.24, 2.45) is 7.05 Å². The number of carbonyl (C=O) groups excluding carboxylic acids is 2. The minimum atomic E-state index is -5.08. The number of amides is 2. The Hall–Kier alpha value is -2.63. The lowest BCUT2D eigenvalue weighted by Crippen LogP contribution is -2.55. The largest absolute Gasteiger partial charge is 0.490 e. The zero-order valence-corrected chi connectivity index (χ0v) is 18.7. The Labute approximate surface area is 190 Å². The van der Waals surface area contributed by atoms with Crippen LogP contribution >= 0.6 is 0 Å². The van der Waals surface area contributed by atoms with Crippen molar-refractivity contribution in [2.45, 2.75) is 50.2 Å². The van der Waals surface area contributed by atoms with Gasteiger partial charge in [0.05, 0.1) is 11.8 Å². The lowest BCUT2D eigenvalue weighted by Gasteiger charge is -2.45. The fourth-order valence-electron chi connectivity index (χ4n) is 4.84.